The van der Waals surface area contributed by atoms with Gasteiger partial charge in [0.25, 0.3) is 0 Å². The Bertz CT molecular complexity index is 905. The number of anilines is 1. The summed E-state index contributed by atoms with van der Waals surface area (Å²) in [6.45, 7) is 0.617. The maximum Gasteiger partial charge on any atom is 0.228 e. The van der Waals surface area contributed by atoms with E-state index in [2.05, 4.69) is 34.6 Å². The Labute approximate surface area is 146 Å². The fourth-order valence-corrected chi connectivity index (χ4v) is 3.28. The first kappa shape index (κ1) is 15.8. The Morgan fingerprint density at radius 3 is 2.80 bits per heavy atom. The summed E-state index contributed by atoms with van der Waals surface area (Å²) >= 11 is 0. The second-order valence-electron chi connectivity index (χ2n) is 6.55. The van der Waals surface area contributed by atoms with Gasteiger partial charge in [-0.05, 0) is 47.1 Å². The fourth-order valence-electron chi connectivity index (χ4n) is 3.28. The maximum absolute atomic E-state index is 12.5. The van der Waals surface area contributed by atoms with Crippen molar-refractivity contribution in [3.05, 3.63) is 72.1 Å². The summed E-state index contributed by atoms with van der Waals surface area (Å²) in [5, 5.41) is 5.20. The van der Waals surface area contributed by atoms with Crippen LogP contribution >= 0.6 is 0 Å². The number of nitrogens with zero attached hydrogens (tertiary/aromatic N) is 1. The SMILES string of the molecule is COCc1ccc([C@@H]2C[C@H]2C(=O)Nc2ccc3cnccc3c2)cc1. The van der Waals surface area contributed by atoms with Gasteiger partial charge in [0.05, 0.1) is 6.61 Å². The minimum atomic E-state index is 0.0569. The fraction of sp³-hybridized carbons (Fsp3) is 0.238. The highest BCUT2D eigenvalue weighted by Crippen LogP contribution is 2.48. The lowest BCUT2D eigenvalue weighted by Crippen LogP contribution is -2.14. The predicted molar refractivity (Wildman–Crippen MR) is 98.4 cm³/mol. The van der Waals surface area contributed by atoms with Crippen molar-refractivity contribution in [1.29, 1.82) is 0 Å². The number of nitrogens with one attached hydrogen (secondary N) is 1. The molecule has 0 radical (unpaired) electrons. The second kappa shape index (κ2) is 6.65. The third-order valence-electron chi connectivity index (χ3n) is 4.75. The molecule has 2 aromatic carbocycles. The molecule has 1 saturated carbocycles. The van der Waals surface area contributed by atoms with Crippen molar-refractivity contribution in [2.45, 2.75) is 18.9 Å². The van der Waals surface area contributed by atoms with Crippen LogP contribution in [0.15, 0.2) is 60.9 Å². The lowest BCUT2D eigenvalue weighted by Gasteiger charge is -2.07. The number of fused-ring (bicyclic) bond motifs is 1. The van der Waals surface area contributed by atoms with Crippen LogP contribution < -0.4 is 5.32 Å². The number of ether oxygens (including phenoxy) is 1. The van der Waals surface area contributed by atoms with Gasteiger partial charge in [-0.2, -0.15) is 0 Å². The number of methoxy groups -OCH3 is 1. The molecule has 1 aliphatic rings. The van der Waals surface area contributed by atoms with E-state index in [1.807, 2.05) is 30.5 Å². The predicted octanol–water partition coefficient (Wildman–Crippen LogP) is 4.12. The summed E-state index contributed by atoms with van der Waals surface area (Å²) in [6.07, 6.45) is 4.50. The largest absolute Gasteiger partial charge is 0.380 e. The minimum absolute atomic E-state index is 0.0569. The molecule has 0 unspecified atom stereocenters. The molecule has 0 spiro atoms. The van der Waals surface area contributed by atoms with Crippen LogP contribution in [-0.2, 0) is 16.1 Å². The van der Waals surface area contributed by atoms with Crippen LogP contribution in [0.5, 0.6) is 0 Å². The smallest absolute Gasteiger partial charge is 0.228 e. The molecule has 3 aromatic rings. The van der Waals surface area contributed by atoms with Crippen molar-refractivity contribution >= 4 is 22.4 Å². The quantitative estimate of drug-likeness (QED) is 0.764. The van der Waals surface area contributed by atoms with Crippen molar-refractivity contribution < 1.29 is 9.53 Å². The van der Waals surface area contributed by atoms with Gasteiger partial charge < -0.3 is 10.1 Å². The minimum Gasteiger partial charge on any atom is -0.380 e. The van der Waals surface area contributed by atoms with Gasteiger partial charge in [0.2, 0.25) is 5.91 Å². The number of benzene rings is 2. The molecule has 1 aliphatic carbocycles. The van der Waals surface area contributed by atoms with E-state index in [4.69, 9.17) is 4.74 Å². The molecular formula is C21H20N2O2. The monoisotopic (exact) mass is 332 g/mol. The Morgan fingerprint density at radius 1 is 1.16 bits per heavy atom. The number of hydrogen-bond acceptors (Lipinski definition) is 3. The van der Waals surface area contributed by atoms with Crippen LogP contribution in [0.4, 0.5) is 5.69 Å². The van der Waals surface area contributed by atoms with Gasteiger partial charge in [-0.15, -0.1) is 0 Å². The van der Waals surface area contributed by atoms with Crippen LogP contribution in [0.25, 0.3) is 10.8 Å². The standard InChI is InChI=1S/C21H20N2O2/c1-25-13-14-2-4-15(5-3-14)19-11-20(19)21(24)23-18-7-6-17-12-22-9-8-16(17)10-18/h2-10,12,19-20H,11,13H2,1H3,(H,23,24)/t19-,20+/m0/s1. The molecular weight excluding hydrogens is 312 g/mol. The molecule has 4 rings (SSSR count). The zero-order valence-corrected chi connectivity index (χ0v) is 14.1. The van der Waals surface area contributed by atoms with E-state index >= 15 is 0 Å². The van der Waals surface area contributed by atoms with Crippen molar-refractivity contribution in [3.8, 4) is 0 Å². The number of hydrogen-bond donors (Lipinski definition) is 1. The number of carbonyl (C=O) groups excluding carboxylic acids is 1. The first-order valence-corrected chi connectivity index (χ1v) is 8.47. The van der Waals surface area contributed by atoms with Gasteiger partial charge in [0.15, 0.2) is 0 Å². The van der Waals surface area contributed by atoms with Crippen molar-refractivity contribution in [2.75, 3.05) is 12.4 Å². The maximum atomic E-state index is 12.5. The number of amides is 1. The molecule has 4 nitrogen and oxygen atoms in total. The van der Waals surface area contributed by atoms with Gasteiger partial charge in [-0.25, -0.2) is 0 Å². The summed E-state index contributed by atoms with van der Waals surface area (Å²) < 4.78 is 5.13. The van der Waals surface area contributed by atoms with E-state index < -0.39 is 0 Å². The van der Waals surface area contributed by atoms with Gasteiger partial charge in [0, 0.05) is 36.5 Å². The van der Waals surface area contributed by atoms with Crippen molar-refractivity contribution in [2.24, 2.45) is 5.92 Å². The highest BCUT2D eigenvalue weighted by molar-refractivity contribution is 5.97. The van der Waals surface area contributed by atoms with E-state index in [1.165, 1.54) is 5.56 Å². The molecule has 2 atom stereocenters. The summed E-state index contributed by atoms with van der Waals surface area (Å²) in [6, 6.07) is 16.2. The van der Waals surface area contributed by atoms with Crippen LogP contribution in [0.2, 0.25) is 0 Å². The Morgan fingerprint density at radius 2 is 2.00 bits per heavy atom. The number of carbonyl (C=O) groups is 1. The number of pyridine rings is 1. The average molecular weight is 332 g/mol. The van der Waals surface area contributed by atoms with Gasteiger partial charge in [-0.1, -0.05) is 30.3 Å². The number of rotatable bonds is 5. The van der Waals surface area contributed by atoms with Crippen LogP contribution in [0.1, 0.15) is 23.5 Å². The second-order valence-corrected chi connectivity index (χ2v) is 6.55. The van der Waals surface area contributed by atoms with Crippen LogP contribution in [0, 0.1) is 5.92 Å². The Kier molecular flexibility index (Phi) is 4.20. The van der Waals surface area contributed by atoms with Gasteiger partial charge in [0.1, 0.15) is 0 Å². The van der Waals surface area contributed by atoms with E-state index in [1.54, 1.807) is 13.3 Å². The first-order chi connectivity index (χ1) is 12.2. The third kappa shape index (κ3) is 3.39. The van der Waals surface area contributed by atoms with E-state index in [0.717, 1.165) is 28.4 Å². The molecule has 4 heteroatoms. The summed E-state index contributed by atoms with van der Waals surface area (Å²) in [4.78, 5) is 16.6. The molecule has 1 heterocycles. The Balaban J connectivity index is 1.41. The van der Waals surface area contributed by atoms with Crippen molar-refractivity contribution in [1.82, 2.24) is 4.98 Å². The van der Waals surface area contributed by atoms with E-state index in [9.17, 15) is 4.79 Å². The first-order valence-electron chi connectivity index (χ1n) is 8.47. The normalized spacial score (nSPS) is 18.9. The average Bonchev–Trinajstić information content (AvgIpc) is 3.43. The molecule has 0 bridgehead atoms. The molecule has 1 aromatic heterocycles. The van der Waals surface area contributed by atoms with E-state index in [0.29, 0.717) is 12.5 Å². The van der Waals surface area contributed by atoms with Crippen molar-refractivity contribution in [3.63, 3.8) is 0 Å². The summed E-state index contributed by atoms with van der Waals surface area (Å²) in [7, 11) is 1.69. The zero-order valence-electron chi connectivity index (χ0n) is 14.1. The molecule has 25 heavy (non-hydrogen) atoms. The van der Waals surface area contributed by atoms with Gasteiger partial charge >= 0.3 is 0 Å². The molecule has 0 aliphatic heterocycles. The number of aromatic nitrogens is 1. The lowest BCUT2D eigenvalue weighted by molar-refractivity contribution is -0.117. The highest BCUT2D eigenvalue weighted by Gasteiger charge is 2.43. The van der Waals surface area contributed by atoms with Crippen LogP contribution in [-0.4, -0.2) is 18.0 Å². The molecule has 1 amide bonds. The Hall–Kier alpha value is -2.72. The van der Waals surface area contributed by atoms with E-state index in [-0.39, 0.29) is 11.8 Å². The van der Waals surface area contributed by atoms with Crippen LogP contribution in [0.3, 0.4) is 0 Å². The zero-order chi connectivity index (χ0) is 17.2. The van der Waals surface area contributed by atoms with Gasteiger partial charge in [-0.3, -0.25) is 9.78 Å². The summed E-state index contributed by atoms with van der Waals surface area (Å²) in [5.41, 5.74) is 3.22. The topological polar surface area (TPSA) is 51.2 Å². The molecule has 126 valence electrons. The molecule has 0 saturated heterocycles. The molecule has 1 N–H and O–H groups in total. The molecule has 1 fully saturated rings. The lowest BCUT2D eigenvalue weighted by atomic mass is 10.1. The third-order valence-corrected chi connectivity index (χ3v) is 4.75. The highest BCUT2D eigenvalue weighted by atomic mass is 16.5. The summed E-state index contributed by atoms with van der Waals surface area (Å²) in [5.74, 6) is 0.474.